The SMILES string of the molecule is COc1ccc(-c2nc(C3COCCN3)no2)cc1F. The van der Waals surface area contributed by atoms with Gasteiger partial charge in [-0.25, -0.2) is 4.39 Å². The van der Waals surface area contributed by atoms with Crippen molar-refractivity contribution in [3.8, 4) is 17.2 Å². The molecule has 2 aromatic rings. The number of hydrogen-bond donors (Lipinski definition) is 1. The van der Waals surface area contributed by atoms with Crippen LogP contribution in [0.2, 0.25) is 0 Å². The van der Waals surface area contributed by atoms with Crippen LogP contribution < -0.4 is 10.1 Å². The molecule has 0 aliphatic carbocycles. The molecule has 6 nitrogen and oxygen atoms in total. The second-order valence-electron chi connectivity index (χ2n) is 4.39. The van der Waals surface area contributed by atoms with Crippen molar-refractivity contribution in [2.75, 3.05) is 26.9 Å². The van der Waals surface area contributed by atoms with Gasteiger partial charge in [0.1, 0.15) is 0 Å². The molecule has 1 aliphatic heterocycles. The van der Waals surface area contributed by atoms with Crippen LogP contribution in [0.15, 0.2) is 22.7 Å². The van der Waals surface area contributed by atoms with Gasteiger partial charge in [0, 0.05) is 12.1 Å². The fourth-order valence-electron chi connectivity index (χ4n) is 2.02. The van der Waals surface area contributed by atoms with E-state index in [1.54, 1.807) is 6.07 Å². The van der Waals surface area contributed by atoms with Gasteiger partial charge < -0.3 is 19.3 Å². The molecule has 1 aromatic heterocycles. The summed E-state index contributed by atoms with van der Waals surface area (Å²) in [5.74, 6) is 0.490. The minimum absolute atomic E-state index is 0.0932. The van der Waals surface area contributed by atoms with Crippen molar-refractivity contribution in [2.45, 2.75) is 6.04 Å². The van der Waals surface area contributed by atoms with Gasteiger partial charge in [-0.15, -0.1) is 0 Å². The molecule has 1 atom stereocenters. The van der Waals surface area contributed by atoms with Crippen LogP contribution in [0.3, 0.4) is 0 Å². The second-order valence-corrected chi connectivity index (χ2v) is 4.39. The van der Waals surface area contributed by atoms with Gasteiger partial charge in [0.05, 0.1) is 26.4 Å². The van der Waals surface area contributed by atoms with E-state index in [2.05, 4.69) is 15.5 Å². The summed E-state index contributed by atoms with van der Waals surface area (Å²) < 4.78 is 29.0. The number of rotatable bonds is 3. The molecule has 20 heavy (non-hydrogen) atoms. The number of methoxy groups -OCH3 is 1. The molecule has 0 spiro atoms. The van der Waals surface area contributed by atoms with E-state index in [9.17, 15) is 4.39 Å². The number of ether oxygens (including phenoxy) is 2. The molecule has 1 fully saturated rings. The fraction of sp³-hybridized carbons (Fsp3) is 0.385. The summed E-state index contributed by atoms with van der Waals surface area (Å²) in [5, 5.41) is 7.13. The van der Waals surface area contributed by atoms with Gasteiger partial charge in [-0.2, -0.15) is 4.98 Å². The summed E-state index contributed by atoms with van der Waals surface area (Å²) in [6.07, 6.45) is 0. The molecule has 0 radical (unpaired) electrons. The van der Waals surface area contributed by atoms with Gasteiger partial charge in [-0.05, 0) is 18.2 Å². The molecule has 3 rings (SSSR count). The predicted molar refractivity (Wildman–Crippen MR) is 67.8 cm³/mol. The molecular weight excluding hydrogens is 265 g/mol. The highest BCUT2D eigenvalue weighted by atomic mass is 19.1. The lowest BCUT2D eigenvalue weighted by Gasteiger charge is -2.20. The van der Waals surface area contributed by atoms with Gasteiger partial charge >= 0.3 is 0 Å². The maximum Gasteiger partial charge on any atom is 0.258 e. The summed E-state index contributed by atoms with van der Waals surface area (Å²) in [5.41, 5.74) is 0.513. The van der Waals surface area contributed by atoms with E-state index in [1.165, 1.54) is 19.2 Å². The summed E-state index contributed by atoms with van der Waals surface area (Å²) in [6.45, 7) is 1.91. The monoisotopic (exact) mass is 279 g/mol. The first-order valence-corrected chi connectivity index (χ1v) is 6.26. The van der Waals surface area contributed by atoms with E-state index in [-0.39, 0.29) is 17.7 Å². The molecule has 1 saturated heterocycles. The normalized spacial score (nSPS) is 19.0. The summed E-state index contributed by atoms with van der Waals surface area (Å²) in [4.78, 5) is 4.27. The van der Waals surface area contributed by atoms with E-state index in [0.29, 0.717) is 24.6 Å². The summed E-state index contributed by atoms with van der Waals surface area (Å²) in [6, 6.07) is 4.41. The first-order chi connectivity index (χ1) is 9.78. The Morgan fingerprint density at radius 3 is 3.05 bits per heavy atom. The molecule has 0 saturated carbocycles. The van der Waals surface area contributed by atoms with Crippen LogP contribution in [0.5, 0.6) is 5.75 Å². The fourth-order valence-corrected chi connectivity index (χ4v) is 2.02. The number of nitrogens with zero attached hydrogens (tertiary/aromatic N) is 2. The Balaban J connectivity index is 1.84. The Hall–Kier alpha value is -1.99. The molecule has 2 heterocycles. The lowest BCUT2D eigenvalue weighted by atomic mass is 10.2. The van der Waals surface area contributed by atoms with Crippen molar-refractivity contribution in [3.63, 3.8) is 0 Å². The van der Waals surface area contributed by atoms with Crippen molar-refractivity contribution in [3.05, 3.63) is 29.8 Å². The zero-order valence-electron chi connectivity index (χ0n) is 10.9. The quantitative estimate of drug-likeness (QED) is 0.919. The van der Waals surface area contributed by atoms with Gasteiger partial charge in [0.2, 0.25) is 0 Å². The Kier molecular flexibility index (Phi) is 3.62. The average molecular weight is 279 g/mol. The van der Waals surface area contributed by atoms with E-state index in [4.69, 9.17) is 14.0 Å². The first-order valence-electron chi connectivity index (χ1n) is 6.26. The third kappa shape index (κ3) is 2.50. The summed E-state index contributed by atoms with van der Waals surface area (Å²) in [7, 11) is 1.41. The minimum Gasteiger partial charge on any atom is -0.494 e. The highest BCUT2D eigenvalue weighted by Crippen LogP contribution is 2.25. The van der Waals surface area contributed by atoms with Crippen molar-refractivity contribution in [2.24, 2.45) is 0 Å². The molecular formula is C13H14FN3O3. The largest absolute Gasteiger partial charge is 0.494 e. The molecule has 1 N–H and O–H groups in total. The van der Waals surface area contributed by atoms with Crippen LogP contribution in [-0.4, -0.2) is 37.0 Å². The highest BCUT2D eigenvalue weighted by Gasteiger charge is 2.21. The van der Waals surface area contributed by atoms with E-state index in [1.807, 2.05) is 0 Å². The van der Waals surface area contributed by atoms with Crippen molar-refractivity contribution < 1.29 is 18.4 Å². The minimum atomic E-state index is -0.469. The lowest BCUT2D eigenvalue weighted by Crippen LogP contribution is -2.35. The van der Waals surface area contributed by atoms with Crippen LogP contribution in [0.4, 0.5) is 4.39 Å². The number of morpholine rings is 1. The third-order valence-corrected chi connectivity index (χ3v) is 3.07. The molecule has 7 heteroatoms. The maximum atomic E-state index is 13.7. The molecule has 1 unspecified atom stereocenters. The van der Waals surface area contributed by atoms with Crippen molar-refractivity contribution in [1.29, 1.82) is 0 Å². The maximum absolute atomic E-state index is 13.7. The summed E-state index contributed by atoms with van der Waals surface area (Å²) >= 11 is 0. The molecule has 1 aromatic carbocycles. The molecule has 0 amide bonds. The van der Waals surface area contributed by atoms with E-state index < -0.39 is 5.82 Å². The first kappa shape index (κ1) is 13.0. The zero-order chi connectivity index (χ0) is 13.9. The average Bonchev–Trinajstić information content (AvgIpc) is 2.98. The Bertz CT molecular complexity index is 596. The number of halogens is 1. The molecule has 1 aliphatic rings. The van der Waals surface area contributed by atoms with Gasteiger partial charge in [0.25, 0.3) is 5.89 Å². The van der Waals surface area contributed by atoms with Crippen LogP contribution in [0, 0.1) is 5.82 Å². The topological polar surface area (TPSA) is 69.4 Å². The molecule has 0 bridgehead atoms. The zero-order valence-corrected chi connectivity index (χ0v) is 10.9. The third-order valence-electron chi connectivity index (χ3n) is 3.07. The predicted octanol–water partition coefficient (Wildman–Crippen LogP) is 1.55. The number of aromatic nitrogens is 2. The smallest absolute Gasteiger partial charge is 0.258 e. The van der Waals surface area contributed by atoms with Gasteiger partial charge in [-0.3, -0.25) is 0 Å². The second kappa shape index (κ2) is 5.56. The van der Waals surface area contributed by atoms with Gasteiger partial charge in [0.15, 0.2) is 17.4 Å². The van der Waals surface area contributed by atoms with Crippen molar-refractivity contribution in [1.82, 2.24) is 15.5 Å². The lowest BCUT2D eigenvalue weighted by molar-refractivity contribution is 0.0734. The molecule has 106 valence electrons. The number of nitrogens with one attached hydrogen (secondary N) is 1. The van der Waals surface area contributed by atoms with Crippen molar-refractivity contribution >= 4 is 0 Å². The Labute approximate surface area is 114 Å². The van der Waals surface area contributed by atoms with Crippen LogP contribution in [0.25, 0.3) is 11.5 Å². The Morgan fingerprint density at radius 2 is 2.35 bits per heavy atom. The standard InChI is InChI=1S/C13H14FN3O3/c1-18-11-3-2-8(6-9(11)14)13-16-12(17-20-13)10-7-19-5-4-15-10/h2-3,6,10,15H,4-5,7H2,1H3. The van der Waals surface area contributed by atoms with E-state index in [0.717, 1.165) is 6.54 Å². The van der Waals surface area contributed by atoms with Crippen LogP contribution in [0.1, 0.15) is 11.9 Å². The van der Waals surface area contributed by atoms with E-state index >= 15 is 0 Å². The van der Waals surface area contributed by atoms with Gasteiger partial charge in [-0.1, -0.05) is 5.16 Å². The number of benzene rings is 1. The van der Waals surface area contributed by atoms with Crippen LogP contribution >= 0.6 is 0 Å². The number of hydrogen-bond acceptors (Lipinski definition) is 6. The highest BCUT2D eigenvalue weighted by molar-refractivity contribution is 5.54. The Morgan fingerprint density at radius 1 is 1.45 bits per heavy atom. The van der Waals surface area contributed by atoms with Crippen LogP contribution in [-0.2, 0) is 4.74 Å².